The van der Waals surface area contributed by atoms with Crippen LogP contribution in [0.2, 0.25) is 0 Å². The van der Waals surface area contributed by atoms with Crippen molar-refractivity contribution in [2.45, 2.75) is 56.7 Å². The van der Waals surface area contributed by atoms with Gasteiger partial charge in [-0.05, 0) is 32.2 Å². The van der Waals surface area contributed by atoms with E-state index in [9.17, 15) is 13.9 Å². The number of hydrogen-bond acceptors (Lipinski definition) is 3. The van der Waals surface area contributed by atoms with Crippen molar-refractivity contribution >= 4 is 0 Å². The molecule has 5 heteroatoms. The summed E-state index contributed by atoms with van der Waals surface area (Å²) in [6.45, 7) is 3.41. The fraction of sp³-hybridized carbons (Fsp3) is 1.00. The van der Waals surface area contributed by atoms with Crippen LogP contribution in [-0.4, -0.2) is 42.4 Å². The van der Waals surface area contributed by atoms with Gasteiger partial charge in [0.05, 0.1) is 6.10 Å². The second-order valence-electron chi connectivity index (χ2n) is 5.82. The summed E-state index contributed by atoms with van der Waals surface area (Å²) in [6, 6.07) is 0. The minimum atomic E-state index is -2.49. The molecule has 0 radical (unpaired) electrons. The zero-order valence-electron chi connectivity index (χ0n) is 10.9. The van der Waals surface area contributed by atoms with Gasteiger partial charge < -0.3 is 15.2 Å². The van der Waals surface area contributed by atoms with Crippen LogP contribution in [0, 0.1) is 5.92 Å². The molecule has 0 aromatic heterocycles. The molecule has 3 unspecified atom stereocenters. The Kier molecular flexibility index (Phi) is 4.24. The predicted octanol–water partition coefficient (Wildman–Crippen LogP) is 1.94. The summed E-state index contributed by atoms with van der Waals surface area (Å²) < 4.78 is 31.8. The molecule has 1 saturated heterocycles. The van der Waals surface area contributed by atoms with E-state index in [0.717, 1.165) is 6.42 Å². The lowest BCUT2D eigenvalue weighted by molar-refractivity contribution is -0.0543. The molecule has 1 aliphatic heterocycles. The Balaban J connectivity index is 1.72. The van der Waals surface area contributed by atoms with E-state index >= 15 is 0 Å². The SMILES string of the molecule is CC1OCCC1(O)CNCC1CCCC(F)(F)C1. The molecule has 18 heavy (non-hydrogen) atoms. The fourth-order valence-electron chi connectivity index (χ4n) is 2.95. The first-order valence-electron chi connectivity index (χ1n) is 6.84. The van der Waals surface area contributed by atoms with E-state index in [1.807, 2.05) is 6.92 Å². The third-order valence-corrected chi connectivity index (χ3v) is 4.27. The molecule has 3 nitrogen and oxygen atoms in total. The van der Waals surface area contributed by atoms with E-state index in [4.69, 9.17) is 4.74 Å². The molecular formula is C13H23F2NO2. The summed E-state index contributed by atoms with van der Waals surface area (Å²) in [5, 5.41) is 13.4. The van der Waals surface area contributed by atoms with Crippen LogP contribution in [-0.2, 0) is 4.74 Å². The Hall–Kier alpha value is -0.260. The van der Waals surface area contributed by atoms with Gasteiger partial charge >= 0.3 is 0 Å². The highest BCUT2D eigenvalue weighted by atomic mass is 19.3. The van der Waals surface area contributed by atoms with Gasteiger partial charge in [0.1, 0.15) is 5.60 Å². The van der Waals surface area contributed by atoms with E-state index in [1.54, 1.807) is 0 Å². The molecule has 2 rings (SSSR count). The molecule has 1 heterocycles. The number of ether oxygens (including phenoxy) is 1. The average molecular weight is 263 g/mol. The second-order valence-corrected chi connectivity index (χ2v) is 5.82. The van der Waals surface area contributed by atoms with E-state index in [-0.39, 0.29) is 24.9 Å². The van der Waals surface area contributed by atoms with Crippen molar-refractivity contribution in [3.63, 3.8) is 0 Å². The number of hydrogen-bond donors (Lipinski definition) is 2. The zero-order valence-corrected chi connectivity index (χ0v) is 10.9. The molecule has 0 bridgehead atoms. The second kappa shape index (κ2) is 5.39. The summed E-state index contributed by atoms with van der Waals surface area (Å²) >= 11 is 0. The lowest BCUT2D eigenvalue weighted by Crippen LogP contribution is -2.47. The highest BCUT2D eigenvalue weighted by Gasteiger charge is 2.40. The topological polar surface area (TPSA) is 41.5 Å². The van der Waals surface area contributed by atoms with Crippen molar-refractivity contribution in [1.82, 2.24) is 5.32 Å². The number of nitrogens with one attached hydrogen (secondary N) is 1. The highest BCUT2D eigenvalue weighted by molar-refractivity contribution is 4.92. The molecule has 2 fully saturated rings. The van der Waals surface area contributed by atoms with Crippen molar-refractivity contribution in [2.24, 2.45) is 5.92 Å². The van der Waals surface area contributed by atoms with Gasteiger partial charge in [-0.1, -0.05) is 0 Å². The predicted molar refractivity (Wildman–Crippen MR) is 64.8 cm³/mol. The molecular weight excluding hydrogens is 240 g/mol. The Morgan fingerprint density at radius 3 is 2.78 bits per heavy atom. The van der Waals surface area contributed by atoms with Gasteiger partial charge in [0, 0.05) is 32.4 Å². The van der Waals surface area contributed by atoms with Crippen LogP contribution in [0.3, 0.4) is 0 Å². The first-order valence-corrected chi connectivity index (χ1v) is 6.84. The van der Waals surface area contributed by atoms with E-state index in [0.29, 0.717) is 32.5 Å². The molecule has 2 N–H and O–H groups in total. The first-order chi connectivity index (χ1) is 8.41. The monoisotopic (exact) mass is 263 g/mol. The Morgan fingerprint density at radius 2 is 2.17 bits per heavy atom. The van der Waals surface area contributed by atoms with Crippen LogP contribution < -0.4 is 5.32 Å². The molecule has 0 spiro atoms. The third-order valence-electron chi connectivity index (χ3n) is 4.27. The summed E-state index contributed by atoms with van der Waals surface area (Å²) in [7, 11) is 0. The molecule has 0 amide bonds. The Labute approximate surface area is 107 Å². The number of rotatable bonds is 4. The van der Waals surface area contributed by atoms with Crippen LogP contribution in [0.15, 0.2) is 0 Å². The van der Waals surface area contributed by atoms with Gasteiger partial charge in [0.25, 0.3) is 0 Å². The number of aliphatic hydroxyl groups is 1. The molecule has 3 atom stereocenters. The van der Waals surface area contributed by atoms with Crippen LogP contribution in [0.5, 0.6) is 0 Å². The lowest BCUT2D eigenvalue weighted by atomic mass is 9.86. The van der Waals surface area contributed by atoms with Gasteiger partial charge in [-0.3, -0.25) is 0 Å². The number of alkyl halides is 2. The van der Waals surface area contributed by atoms with Crippen molar-refractivity contribution < 1.29 is 18.6 Å². The maximum absolute atomic E-state index is 13.2. The van der Waals surface area contributed by atoms with Crippen LogP contribution in [0.4, 0.5) is 8.78 Å². The maximum atomic E-state index is 13.2. The normalized spacial score (nSPS) is 40.0. The van der Waals surface area contributed by atoms with Crippen LogP contribution in [0.25, 0.3) is 0 Å². The molecule has 0 aromatic rings. The number of halogens is 2. The molecule has 1 saturated carbocycles. The van der Waals surface area contributed by atoms with Gasteiger partial charge in [0.2, 0.25) is 5.92 Å². The Morgan fingerprint density at radius 1 is 1.39 bits per heavy atom. The van der Waals surface area contributed by atoms with Gasteiger partial charge in [-0.25, -0.2) is 8.78 Å². The minimum Gasteiger partial charge on any atom is -0.386 e. The zero-order chi connectivity index (χ0) is 13.2. The largest absolute Gasteiger partial charge is 0.386 e. The van der Waals surface area contributed by atoms with Crippen molar-refractivity contribution in [3.05, 3.63) is 0 Å². The molecule has 0 aromatic carbocycles. The molecule has 106 valence electrons. The molecule has 2 aliphatic rings. The van der Waals surface area contributed by atoms with E-state index in [2.05, 4.69) is 5.32 Å². The highest BCUT2D eigenvalue weighted by Crippen LogP contribution is 2.36. The summed E-state index contributed by atoms with van der Waals surface area (Å²) in [5.41, 5.74) is -0.836. The summed E-state index contributed by atoms with van der Waals surface area (Å²) in [6.07, 6.45) is 1.89. The lowest BCUT2D eigenvalue weighted by Gasteiger charge is -2.31. The standard InChI is InChI=1S/C13H23F2NO2/c1-10-12(17,5-6-18-10)9-16-8-11-3-2-4-13(14,15)7-11/h10-11,16-17H,2-9H2,1H3. The van der Waals surface area contributed by atoms with Gasteiger partial charge in [-0.15, -0.1) is 0 Å². The van der Waals surface area contributed by atoms with Gasteiger partial charge in [0.15, 0.2) is 0 Å². The first kappa shape index (κ1) is 14.2. The minimum absolute atomic E-state index is 0.0231. The summed E-state index contributed by atoms with van der Waals surface area (Å²) in [5.74, 6) is -2.47. The van der Waals surface area contributed by atoms with E-state index in [1.165, 1.54) is 0 Å². The van der Waals surface area contributed by atoms with Crippen LogP contribution >= 0.6 is 0 Å². The smallest absolute Gasteiger partial charge is 0.248 e. The van der Waals surface area contributed by atoms with Crippen molar-refractivity contribution in [3.8, 4) is 0 Å². The molecule has 1 aliphatic carbocycles. The van der Waals surface area contributed by atoms with Gasteiger partial charge in [-0.2, -0.15) is 0 Å². The average Bonchev–Trinajstić information content (AvgIpc) is 2.58. The van der Waals surface area contributed by atoms with E-state index < -0.39 is 11.5 Å². The fourth-order valence-corrected chi connectivity index (χ4v) is 2.95. The van der Waals surface area contributed by atoms with Crippen LogP contribution in [0.1, 0.15) is 39.0 Å². The Bertz CT molecular complexity index is 288. The quantitative estimate of drug-likeness (QED) is 0.814. The third kappa shape index (κ3) is 3.39. The summed E-state index contributed by atoms with van der Waals surface area (Å²) in [4.78, 5) is 0. The van der Waals surface area contributed by atoms with Crippen molar-refractivity contribution in [2.75, 3.05) is 19.7 Å². The van der Waals surface area contributed by atoms with Crippen molar-refractivity contribution in [1.29, 1.82) is 0 Å². The maximum Gasteiger partial charge on any atom is 0.248 e.